The monoisotopic (exact) mass is 1730 g/mol. The van der Waals surface area contributed by atoms with E-state index in [-0.39, 0.29) is 93.0 Å². The number of hydrogen-bond donors (Lipinski definition) is 19. The maximum atomic E-state index is 16.6. The minimum Gasteiger partial charge on any atom is -0.508 e. The van der Waals surface area contributed by atoms with Crippen molar-refractivity contribution in [1.29, 1.82) is 0 Å². The highest BCUT2D eigenvalue weighted by molar-refractivity contribution is 6.32. The van der Waals surface area contributed by atoms with Crippen molar-refractivity contribution in [1.82, 2.24) is 47.9 Å². The average molecular weight is 1740 g/mol. The van der Waals surface area contributed by atoms with E-state index in [2.05, 4.69) is 54.8 Å². The smallest absolute Gasteiger partial charge is 0.248 e. The third-order valence-corrected chi connectivity index (χ3v) is 25.2. The summed E-state index contributed by atoms with van der Waals surface area (Å²) in [5.41, 5.74) is 3.04. The minimum absolute atomic E-state index is 0.0630. The zero-order chi connectivity index (χ0) is 87.6. The second-order valence-electron chi connectivity index (χ2n) is 34.2. The first-order chi connectivity index (χ1) is 58.1. The van der Waals surface area contributed by atoms with Crippen molar-refractivity contribution in [2.75, 3.05) is 13.7 Å². The Hall–Kier alpha value is -9.53. The fourth-order valence-corrected chi connectivity index (χ4v) is 18.9. The van der Waals surface area contributed by atoms with Gasteiger partial charge in [0.2, 0.25) is 65.2 Å². The number of aliphatic hydroxyl groups excluding tert-OH is 6. The van der Waals surface area contributed by atoms with Gasteiger partial charge >= 0.3 is 0 Å². The zero-order valence-electron chi connectivity index (χ0n) is 68.3. The molecule has 20 N–H and O–H groups in total. The highest BCUT2D eigenvalue weighted by Gasteiger charge is 2.53. The number of nitrogens with one attached hydrogen (secondary N) is 9. The molecule has 5 aromatic rings. The Morgan fingerprint density at radius 2 is 1.25 bits per heavy atom. The van der Waals surface area contributed by atoms with Crippen LogP contribution in [0.2, 0.25) is 10.0 Å². The number of benzene rings is 5. The van der Waals surface area contributed by atoms with Crippen LogP contribution in [0.25, 0.3) is 11.1 Å². The molecule has 0 aromatic heterocycles. The van der Waals surface area contributed by atoms with Crippen LogP contribution in [0.4, 0.5) is 0 Å². The summed E-state index contributed by atoms with van der Waals surface area (Å²) in [7, 11) is 1.49. The minimum atomic E-state index is -2.38. The first-order valence-corrected chi connectivity index (χ1v) is 42.4. The van der Waals surface area contributed by atoms with Crippen LogP contribution in [-0.2, 0) is 57.4 Å². The number of rotatable bonds is 22. The van der Waals surface area contributed by atoms with Gasteiger partial charge in [0.25, 0.3) is 0 Å². The molecule has 4 saturated carbocycles. The van der Waals surface area contributed by atoms with E-state index < -0.39 is 221 Å². The Balaban J connectivity index is 1.01. The van der Waals surface area contributed by atoms with Crippen LogP contribution in [0.1, 0.15) is 196 Å². The second-order valence-corrected chi connectivity index (χ2v) is 35.0. The lowest BCUT2D eigenvalue weighted by Gasteiger charge is -2.54. The Morgan fingerprint density at radius 1 is 0.648 bits per heavy atom. The number of amides is 9. The number of halogens is 2. The van der Waals surface area contributed by atoms with E-state index in [1.54, 1.807) is 0 Å². The summed E-state index contributed by atoms with van der Waals surface area (Å²) in [4.78, 5) is 138. The predicted octanol–water partition coefficient (Wildman–Crippen LogP) is 5.26. The summed E-state index contributed by atoms with van der Waals surface area (Å²) in [5, 5.41) is 130. The van der Waals surface area contributed by atoms with E-state index in [9.17, 15) is 60.3 Å². The van der Waals surface area contributed by atoms with Crippen LogP contribution in [0.3, 0.4) is 0 Å². The summed E-state index contributed by atoms with van der Waals surface area (Å²) in [6.45, 7) is 7.80. The number of carbonyl (C=O) groups is 9. The Kier molecular flexibility index (Phi) is 28.3. The van der Waals surface area contributed by atoms with Gasteiger partial charge in [0.15, 0.2) is 23.9 Å². The lowest BCUT2D eigenvalue weighted by molar-refractivity contribution is -0.333. The normalized spacial score (nSPS) is 30.9. The fourth-order valence-electron chi connectivity index (χ4n) is 18.4. The lowest BCUT2D eigenvalue weighted by atomic mass is 9.54. The van der Waals surface area contributed by atoms with Gasteiger partial charge in [-0.2, -0.15) is 0 Å². The van der Waals surface area contributed by atoms with Gasteiger partial charge in [-0.15, -0.1) is 0 Å². The standard InChI is InChI=1S/C86H108Cl2N10O24/c1-7-8-9-10-11-12-13-14-61(103)92-62(104)34-53-79(111)94-67-46-30-58(118-56-19-16-42(28-50(56)87)71(105)69(83(115)91-53)97-78(110)52(90-6)21-37(2)3)75(122-85-76(74(108)73(107)60(36-99)120-85)121-63-35-86(5,89)77(109)38(4)117-63)59(31-46)119-57-20-17-43(29-51(57)88)72(106)70-84(116)96-68(82(114)93-65-44-23-39-22-40(25-44)26-45(65)24-39)49-32-47(100)33-55(102)64(49)48-27-41(15-18-54(48)101)66(80(112)98-70)95-81(67)113/h15-20,27-33,37-40,44-45,52-53,60,63,65-74,76-77,85,90,99-102,105-109H,7-14,21-26,34-36,89H2,1-6H3,(H,91,115)(H,93,114)(H,94,111)(H,95,113)(H,96,116)(H,97,110)(H,98,112)(H,92,103,104)/t38?,39?,40?,44?,45?,52?,53?,60?,63?,65?,66?,67?,68-,69?,70?,71?,72?,73?,74?,76?,77?,85?,86-/m0/s1. The third kappa shape index (κ3) is 20.0. The van der Waals surface area contributed by atoms with Crippen molar-refractivity contribution in [2.24, 2.45) is 35.3 Å². The van der Waals surface area contributed by atoms with E-state index in [4.69, 9.17) is 57.4 Å². The first-order valence-electron chi connectivity index (χ1n) is 41.7. The van der Waals surface area contributed by atoms with Crippen molar-refractivity contribution in [3.63, 3.8) is 0 Å². The predicted molar refractivity (Wildman–Crippen MR) is 437 cm³/mol. The topological polar surface area (TPSA) is 525 Å². The van der Waals surface area contributed by atoms with Crippen LogP contribution >= 0.6 is 23.2 Å². The van der Waals surface area contributed by atoms with Crippen LogP contribution < -0.4 is 67.8 Å². The number of aromatic hydroxyl groups is 3. The van der Waals surface area contributed by atoms with Gasteiger partial charge in [0.1, 0.15) is 95.5 Å². The molecule has 2 saturated heterocycles. The molecule has 122 heavy (non-hydrogen) atoms. The fraction of sp³-hybridized carbons (Fsp3) is 0.547. The molecule has 16 rings (SSSR count). The molecule has 7 heterocycles. The maximum Gasteiger partial charge on any atom is 0.248 e. The quantitative estimate of drug-likeness (QED) is 0.0393. The number of aliphatic hydroxyl groups is 6. The molecule has 9 amide bonds. The van der Waals surface area contributed by atoms with E-state index in [1.165, 1.54) is 45.2 Å². The highest BCUT2D eigenvalue weighted by Crippen LogP contribution is 2.55. The molecule has 4 aliphatic carbocycles. The number of carbonyl (C=O) groups excluding carboxylic acids is 9. The van der Waals surface area contributed by atoms with Crippen molar-refractivity contribution in [3.05, 3.63) is 117 Å². The molecular weight excluding hydrogens is 1630 g/mol. The van der Waals surface area contributed by atoms with Crippen LogP contribution in [0, 0.1) is 29.6 Å². The third-order valence-electron chi connectivity index (χ3n) is 24.6. The maximum absolute atomic E-state index is 16.6. The van der Waals surface area contributed by atoms with E-state index >= 15 is 28.8 Å². The first kappa shape index (κ1) is 90.2. The van der Waals surface area contributed by atoms with Gasteiger partial charge in [-0.1, -0.05) is 101 Å². The lowest BCUT2D eigenvalue weighted by Crippen LogP contribution is -2.64. The molecule has 15 bridgehead atoms. The Morgan fingerprint density at radius 3 is 1.87 bits per heavy atom. The number of imide groups is 1. The van der Waals surface area contributed by atoms with E-state index in [1.807, 2.05) is 13.8 Å². The van der Waals surface area contributed by atoms with Crippen LogP contribution in [-0.4, -0.2) is 198 Å². The van der Waals surface area contributed by atoms with Gasteiger partial charge in [-0.25, -0.2) is 0 Å². The number of likely N-dealkylation sites (N-methyl/N-ethyl adjacent to an activating group) is 1. The number of phenols is 3. The molecule has 11 aliphatic rings. The van der Waals surface area contributed by atoms with Gasteiger partial charge in [0, 0.05) is 41.6 Å². The average Bonchev–Trinajstić information content (AvgIpc) is 0.761. The number of fused-ring (bicyclic) bond motifs is 15. The van der Waals surface area contributed by atoms with Gasteiger partial charge in [0.05, 0.1) is 41.3 Å². The molecule has 660 valence electrons. The largest absolute Gasteiger partial charge is 0.508 e. The molecule has 18 atom stereocenters. The van der Waals surface area contributed by atoms with Crippen molar-refractivity contribution >= 4 is 76.4 Å². The van der Waals surface area contributed by atoms with Crippen molar-refractivity contribution < 1.29 is 118 Å². The van der Waals surface area contributed by atoms with Gasteiger partial charge < -0.3 is 123 Å². The second kappa shape index (κ2) is 38.3. The highest BCUT2D eigenvalue weighted by atomic mass is 35.5. The summed E-state index contributed by atoms with van der Waals surface area (Å²) in [5.74, 6) is -14.0. The summed E-state index contributed by atoms with van der Waals surface area (Å²) >= 11 is 14.5. The van der Waals surface area contributed by atoms with Gasteiger partial charge in [-0.3, -0.25) is 48.5 Å². The molecule has 0 radical (unpaired) electrons. The molecule has 36 heteroatoms. The SMILES string of the molecule is CCCCCCCCCC(=O)NC(=O)CC1NC(=O)C(NC(=O)C(CC(C)C)NC)C(O)c2ccc(c(Cl)c2)Oc2cc3cc(c2OC2OC(CO)C(O)C(O)C2OC2C[C@](C)(N)C(O)C(C)O2)Oc2ccc(cc2Cl)C(O)C2NC(=O)C(NC(=O)C3NC1=O)c1ccc(O)c(c1)-c1c(O)cc(O)cc1[C@@H](C(=O)NC1C3CC4CC(C3)CC1C4)NC2=O. The molecular formula is C86H108Cl2N10O24. The van der Waals surface area contributed by atoms with Crippen LogP contribution in [0.5, 0.6) is 46.0 Å². The molecule has 7 aliphatic heterocycles. The van der Waals surface area contributed by atoms with Crippen molar-refractivity contribution in [2.45, 2.75) is 253 Å². The number of hydrogen-bond acceptors (Lipinski definition) is 26. The molecule has 0 spiro atoms. The molecule has 34 nitrogen and oxygen atoms in total. The number of unbranched alkanes of at least 4 members (excludes halogenated alkanes) is 6. The van der Waals surface area contributed by atoms with Crippen molar-refractivity contribution in [3.8, 4) is 57.1 Å². The Bertz CT molecular complexity index is 4740. The van der Waals surface area contributed by atoms with Gasteiger partial charge in [-0.05, 0) is 178 Å². The number of nitrogens with two attached hydrogens (primary N) is 1. The van der Waals surface area contributed by atoms with E-state index in [0.717, 1.165) is 119 Å². The number of phenolic OH excluding ortho intramolecular Hbond substituents is 3. The Labute approximate surface area is 713 Å². The summed E-state index contributed by atoms with van der Waals surface area (Å²) in [6.07, 6.45) is -8.68. The molecule has 6 fully saturated rings. The number of ether oxygens (including phenoxy) is 6. The zero-order valence-corrected chi connectivity index (χ0v) is 69.8. The molecule has 16 unspecified atom stereocenters. The summed E-state index contributed by atoms with van der Waals surface area (Å²) in [6, 6.07) is 0.250. The van der Waals surface area contributed by atoms with Crippen LogP contribution in [0.15, 0.2) is 78.9 Å². The summed E-state index contributed by atoms with van der Waals surface area (Å²) < 4.78 is 39.1. The van der Waals surface area contributed by atoms with E-state index in [0.29, 0.717) is 24.7 Å². The molecule has 5 aromatic carbocycles.